The Morgan fingerprint density at radius 2 is 1.86 bits per heavy atom. The first-order valence-corrected chi connectivity index (χ1v) is 2.01. The van der Waals surface area contributed by atoms with Crippen LogP contribution in [0, 0.1) is 0 Å². The minimum absolute atomic E-state index is 0. The van der Waals surface area contributed by atoms with E-state index in [4.69, 9.17) is 5.11 Å². The van der Waals surface area contributed by atoms with E-state index in [0.29, 0.717) is 0 Å². The van der Waals surface area contributed by atoms with Gasteiger partial charge in [0.1, 0.15) is 0 Å². The number of carbonyl (C=O) groups is 1. The van der Waals surface area contributed by atoms with Crippen LogP contribution in [-0.2, 0) is 32.1 Å². The molecule has 0 aliphatic carbocycles. The third-order valence-corrected chi connectivity index (χ3v) is 0.571. The van der Waals surface area contributed by atoms with Gasteiger partial charge in [0, 0.05) is 27.3 Å². The van der Waals surface area contributed by atoms with Crippen molar-refractivity contribution >= 4 is 21.9 Å². The molecule has 0 saturated heterocycles. The first kappa shape index (κ1) is 10.6. The molecule has 0 aliphatic heterocycles. The number of halogens is 1. The van der Waals surface area contributed by atoms with Gasteiger partial charge in [-0.3, -0.25) is 0 Å². The number of rotatable bonds is 1. The molecule has 36 valence electrons. The van der Waals surface area contributed by atoms with E-state index >= 15 is 0 Å². The Morgan fingerprint density at radius 3 is 1.86 bits per heavy atom. The summed E-state index contributed by atoms with van der Waals surface area (Å²) in [6, 6.07) is 0. The summed E-state index contributed by atoms with van der Waals surface area (Å²) in [4.78, 5) is 9.55. The first-order valence-electron chi connectivity index (χ1n) is 1.22. The summed E-state index contributed by atoms with van der Waals surface area (Å²) in [5.41, 5.74) is 0. The van der Waals surface area contributed by atoms with E-state index in [9.17, 15) is 4.79 Å². The molecule has 0 saturated carbocycles. The van der Waals surface area contributed by atoms with Crippen LogP contribution >= 0.6 is 15.9 Å². The Kier molecular flexibility index (Phi) is 7.19. The fraction of sp³-hybridized carbons (Fsp3) is 0. The zero-order valence-electron chi connectivity index (χ0n) is 3.65. The van der Waals surface area contributed by atoms with Crippen molar-refractivity contribution in [3.8, 4) is 0 Å². The molecule has 0 aromatic heterocycles. The largest absolute Gasteiger partial charge is 0.477 e. The van der Waals surface area contributed by atoms with Gasteiger partial charge in [-0.05, 0) is 15.9 Å². The molecular weight excluding hydrogens is 260 g/mol. The van der Waals surface area contributed by atoms with Crippen molar-refractivity contribution in [3.05, 3.63) is 11.1 Å². The molecule has 0 unspecified atom stereocenters. The smallest absolute Gasteiger partial charge is 0.342 e. The summed E-state index contributed by atoms with van der Waals surface area (Å²) in [5.74, 6) is -1.02. The predicted octanol–water partition coefficient (Wildman–Crippen LogP) is 0.977. The van der Waals surface area contributed by atoms with Crippen LogP contribution in [0.3, 0.4) is 0 Å². The summed E-state index contributed by atoms with van der Waals surface area (Å²) in [6.45, 7) is 3.07. The summed E-state index contributed by atoms with van der Waals surface area (Å²) in [7, 11) is 0. The summed E-state index contributed by atoms with van der Waals surface area (Å²) < 4.78 is -0.0116. The van der Waals surface area contributed by atoms with E-state index in [2.05, 4.69) is 22.5 Å². The van der Waals surface area contributed by atoms with Crippen LogP contribution in [0.25, 0.3) is 0 Å². The van der Waals surface area contributed by atoms with Gasteiger partial charge >= 0.3 is 5.97 Å². The first-order chi connectivity index (χ1) is 2.64. The van der Waals surface area contributed by atoms with Crippen molar-refractivity contribution in [1.82, 2.24) is 0 Å². The quantitative estimate of drug-likeness (QED) is 0.565. The third kappa shape index (κ3) is 6.61. The van der Waals surface area contributed by atoms with Gasteiger partial charge in [0.25, 0.3) is 0 Å². The van der Waals surface area contributed by atoms with Crippen LogP contribution < -0.4 is 0 Å². The van der Waals surface area contributed by atoms with Crippen molar-refractivity contribution in [2.45, 2.75) is 0 Å². The van der Waals surface area contributed by atoms with E-state index < -0.39 is 5.97 Å². The fourth-order valence-electron chi connectivity index (χ4n) is 0. The molecule has 0 amide bonds. The minimum atomic E-state index is -1.02. The van der Waals surface area contributed by atoms with Crippen LogP contribution in [0.2, 0.25) is 0 Å². The molecule has 1 N–H and O–H groups in total. The van der Waals surface area contributed by atoms with E-state index in [-0.39, 0.29) is 31.8 Å². The molecule has 7 heavy (non-hydrogen) atoms. The van der Waals surface area contributed by atoms with Crippen LogP contribution in [0.15, 0.2) is 11.1 Å². The Labute approximate surface area is 69.9 Å². The summed E-state index contributed by atoms with van der Waals surface area (Å²) >= 11 is 2.64. The molecule has 2 nitrogen and oxygen atoms in total. The van der Waals surface area contributed by atoms with Gasteiger partial charge in [-0.1, -0.05) is 6.58 Å². The average Bonchev–Trinajstić information content (AvgIpc) is 1.36. The number of carboxylic acid groups (broad SMARTS) is 1. The maximum absolute atomic E-state index is 9.55. The Morgan fingerprint density at radius 1 is 1.71 bits per heavy atom. The number of aliphatic carboxylic acids is 1. The van der Waals surface area contributed by atoms with Gasteiger partial charge in [-0.2, -0.15) is 0 Å². The number of hydrogen-bond acceptors (Lipinski definition) is 1. The summed E-state index contributed by atoms with van der Waals surface area (Å²) in [6.07, 6.45) is 0. The van der Waals surface area contributed by atoms with Gasteiger partial charge in [0.15, 0.2) is 0 Å². The van der Waals surface area contributed by atoms with E-state index in [1.165, 1.54) is 0 Å². The average molecular weight is 263 g/mol. The molecule has 0 radical (unpaired) electrons. The van der Waals surface area contributed by atoms with Crippen molar-refractivity contribution in [3.63, 3.8) is 0 Å². The van der Waals surface area contributed by atoms with Gasteiger partial charge in [-0.25, -0.2) is 4.79 Å². The van der Waals surface area contributed by atoms with Crippen LogP contribution in [0.4, 0.5) is 0 Å². The monoisotopic (exact) mass is 264 g/mol. The minimum Gasteiger partial charge on any atom is -0.477 e. The standard InChI is InChI=1S/C3H3BrO2.Cd/c1-2(4)3(5)6;/h1H2,(H,5,6);. The van der Waals surface area contributed by atoms with Gasteiger partial charge in [-0.15, -0.1) is 0 Å². The molecule has 0 spiro atoms. The van der Waals surface area contributed by atoms with Crippen LogP contribution in [0.5, 0.6) is 0 Å². The van der Waals surface area contributed by atoms with Gasteiger partial charge < -0.3 is 5.11 Å². The van der Waals surface area contributed by atoms with Crippen molar-refractivity contribution in [2.75, 3.05) is 0 Å². The molecule has 4 heteroatoms. The summed E-state index contributed by atoms with van der Waals surface area (Å²) in [5, 5.41) is 7.84. The predicted molar refractivity (Wildman–Crippen MR) is 25.7 cm³/mol. The molecule has 0 aromatic rings. The maximum atomic E-state index is 9.55. The molecule has 0 bridgehead atoms. The zero-order valence-corrected chi connectivity index (χ0v) is 9.27. The van der Waals surface area contributed by atoms with E-state index in [0.717, 1.165) is 0 Å². The van der Waals surface area contributed by atoms with Crippen molar-refractivity contribution < 1.29 is 37.2 Å². The molecule has 0 atom stereocenters. The SMILES string of the molecule is C=C(Br)C(=O)O.[Cd]. The fourth-order valence-corrected chi connectivity index (χ4v) is 0. The van der Waals surface area contributed by atoms with E-state index in [1.807, 2.05) is 0 Å². The van der Waals surface area contributed by atoms with Crippen molar-refractivity contribution in [2.24, 2.45) is 0 Å². The van der Waals surface area contributed by atoms with Gasteiger partial charge in [0.2, 0.25) is 0 Å². The maximum Gasteiger partial charge on any atom is 0.342 e. The topological polar surface area (TPSA) is 37.3 Å². The third-order valence-electron chi connectivity index (χ3n) is 0.232. The molecule has 0 fully saturated rings. The Bertz CT molecular complexity index is 78.9. The van der Waals surface area contributed by atoms with Gasteiger partial charge in [0.05, 0.1) is 4.48 Å². The molecule has 0 aromatic carbocycles. The Hall–Kier alpha value is 0.612. The number of carboxylic acids is 1. The molecular formula is C3H3BrCdO2. The van der Waals surface area contributed by atoms with Crippen molar-refractivity contribution in [1.29, 1.82) is 0 Å². The molecule has 0 aliphatic rings. The van der Waals surface area contributed by atoms with E-state index in [1.54, 1.807) is 0 Å². The Balaban J connectivity index is 0. The zero-order chi connectivity index (χ0) is 5.15. The van der Waals surface area contributed by atoms with Crippen LogP contribution in [0.1, 0.15) is 0 Å². The second-order valence-corrected chi connectivity index (χ2v) is 1.67. The molecule has 0 heterocycles. The van der Waals surface area contributed by atoms with Crippen LogP contribution in [-0.4, -0.2) is 11.1 Å². The normalized spacial score (nSPS) is 6.43. The molecule has 0 rings (SSSR count). The second-order valence-electron chi connectivity index (χ2n) is 0.710. The number of hydrogen-bond donors (Lipinski definition) is 1. The second kappa shape index (κ2) is 4.76.